The molecule has 7 rings (SSSR count). The van der Waals surface area contributed by atoms with E-state index in [2.05, 4.69) is 31.8 Å². The van der Waals surface area contributed by atoms with Crippen molar-refractivity contribution >= 4 is 34.2 Å². The first-order chi connectivity index (χ1) is 19.1. The number of carbonyl (C=O) groups is 1. The summed E-state index contributed by atoms with van der Waals surface area (Å²) in [6.45, 7) is 2.63. The van der Waals surface area contributed by atoms with Crippen LogP contribution in [0, 0.1) is 0 Å². The summed E-state index contributed by atoms with van der Waals surface area (Å²) in [6.07, 6.45) is 5.30. The molecule has 0 bridgehead atoms. The van der Waals surface area contributed by atoms with Crippen molar-refractivity contribution in [3.05, 3.63) is 65.2 Å². The highest BCUT2D eigenvalue weighted by molar-refractivity contribution is 6.05. The quantitative estimate of drug-likeness (QED) is 0.341. The summed E-state index contributed by atoms with van der Waals surface area (Å²) in [5, 5.41) is 15.1. The minimum Gasteiger partial charge on any atom is -0.463 e. The highest BCUT2D eigenvalue weighted by Crippen LogP contribution is 2.35. The van der Waals surface area contributed by atoms with E-state index in [0.717, 1.165) is 55.0 Å². The van der Waals surface area contributed by atoms with E-state index in [1.165, 1.54) is 5.56 Å². The van der Waals surface area contributed by atoms with Gasteiger partial charge in [-0.05, 0) is 56.6 Å². The van der Waals surface area contributed by atoms with Crippen LogP contribution in [-0.4, -0.2) is 62.7 Å². The third-order valence-corrected chi connectivity index (χ3v) is 7.43. The smallest absolute Gasteiger partial charge is 0.254 e. The molecule has 2 N–H and O–H groups in total. The standard InChI is InChI=1S/C28H28N8O3/c1-35(2)15-20-17(16-7-10-38-11-8-16)3-5-23(32-20)31-19-14-29-26(18-13-30-28(37)25(18)19)27-34-33-24-6-4-22-21(36(24)27)9-12-39-22/h3-6,9,12,14,16H,7-8,10-11,13,15H2,1-2H3,(H,30,37)(H,31,32). The minimum absolute atomic E-state index is 0.161. The fraction of sp³-hybridized carbons (Fsp3) is 0.321. The zero-order valence-electron chi connectivity index (χ0n) is 21.8. The molecule has 5 aromatic heterocycles. The van der Waals surface area contributed by atoms with Gasteiger partial charge in [-0.15, -0.1) is 10.2 Å². The first-order valence-corrected chi connectivity index (χ1v) is 13.1. The van der Waals surface area contributed by atoms with Crippen molar-refractivity contribution in [1.82, 2.24) is 34.8 Å². The van der Waals surface area contributed by atoms with E-state index in [-0.39, 0.29) is 5.91 Å². The van der Waals surface area contributed by atoms with Gasteiger partial charge in [0.2, 0.25) is 0 Å². The Bertz CT molecular complexity index is 1720. The van der Waals surface area contributed by atoms with Crippen molar-refractivity contribution in [3.8, 4) is 11.5 Å². The molecular weight excluding hydrogens is 496 g/mol. The highest BCUT2D eigenvalue weighted by atomic mass is 16.5. The summed E-state index contributed by atoms with van der Waals surface area (Å²) in [4.78, 5) is 24.9. The molecule has 0 unspecified atom stereocenters. The third kappa shape index (κ3) is 4.10. The number of amides is 1. The number of aromatic nitrogens is 5. The molecule has 0 aliphatic carbocycles. The summed E-state index contributed by atoms with van der Waals surface area (Å²) in [5.74, 6) is 1.51. The summed E-state index contributed by atoms with van der Waals surface area (Å²) >= 11 is 0. The zero-order chi connectivity index (χ0) is 26.5. The Hall–Kier alpha value is -4.35. The van der Waals surface area contributed by atoms with Gasteiger partial charge in [-0.25, -0.2) is 4.98 Å². The molecular formula is C28H28N8O3. The Morgan fingerprint density at radius 3 is 2.85 bits per heavy atom. The van der Waals surface area contributed by atoms with E-state index in [1.54, 1.807) is 12.5 Å². The van der Waals surface area contributed by atoms with E-state index in [0.29, 0.717) is 46.7 Å². The number of hydrogen-bond donors (Lipinski definition) is 2. The molecule has 198 valence electrons. The second kappa shape index (κ2) is 9.44. The number of nitrogens with zero attached hydrogens (tertiary/aromatic N) is 6. The molecule has 2 aliphatic rings. The van der Waals surface area contributed by atoms with Gasteiger partial charge >= 0.3 is 0 Å². The van der Waals surface area contributed by atoms with Crippen molar-refractivity contribution < 1.29 is 13.9 Å². The van der Waals surface area contributed by atoms with Crippen LogP contribution in [0.25, 0.3) is 28.3 Å². The Morgan fingerprint density at radius 1 is 1.13 bits per heavy atom. The highest BCUT2D eigenvalue weighted by Gasteiger charge is 2.30. The van der Waals surface area contributed by atoms with Crippen LogP contribution >= 0.6 is 0 Å². The van der Waals surface area contributed by atoms with Crippen molar-refractivity contribution in [3.63, 3.8) is 0 Å². The lowest BCUT2D eigenvalue weighted by Gasteiger charge is -2.25. The molecule has 0 aromatic carbocycles. The van der Waals surface area contributed by atoms with Crippen molar-refractivity contribution in [2.45, 2.75) is 31.8 Å². The van der Waals surface area contributed by atoms with E-state index in [9.17, 15) is 4.79 Å². The molecule has 0 saturated carbocycles. The molecule has 0 radical (unpaired) electrons. The Labute approximate surface area is 224 Å². The molecule has 39 heavy (non-hydrogen) atoms. The van der Waals surface area contributed by atoms with E-state index in [4.69, 9.17) is 19.1 Å². The predicted octanol–water partition coefficient (Wildman–Crippen LogP) is 3.88. The second-order valence-corrected chi connectivity index (χ2v) is 10.3. The molecule has 1 fully saturated rings. The van der Waals surface area contributed by atoms with Gasteiger partial charge in [0.15, 0.2) is 17.1 Å². The molecule has 11 nitrogen and oxygen atoms in total. The van der Waals surface area contributed by atoms with Crippen molar-refractivity contribution in [2.75, 3.05) is 32.6 Å². The largest absolute Gasteiger partial charge is 0.463 e. The topological polar surface area (TPSA) is 123 Å². The molecule has 1 saturated heterocycles. The fourth-order valence-electron chi connectivity index (χ4n) is 5.62. The van der Waals surface area contributed by atoms with Crippen LogP contribution in [-0.2, 0) is 17.8 Å². The first-order valence-electron chi connectivity index (χ1n) is 13.1. The molecule has 7 heterocycles. The van der Waals surface area contributed by atoms with Gasteiger partial charge in [-0.2, -0.15) is 0 Å². The van der Waals surface area contributed by atoms with Crippen LogP contribution in [0.4, 0.5) is 11.5 Å². The van der Waals surface area contributed by atoms with Crippen molar-refractivity contribution in [1.29, 1.82) is 0 Å². The number of nitrogens with one attached hydrogen (secondary N) is 2. The minimum atomic E-state index is -0.161. The molecule has 5 aromatic rings. The number of furan rings is 1. The maximum atomic E-state index is 13.0. The summed E-state index contributed by atoms with van der Waals surface area (Å²) in [6, 6.07) is 9.73. The molecule has 11 heteroatoms. The number of ether oxygens (including phenoxy) is 1. The van der Waals surface area contributed by atoms with Gasteiger partial charge in [-0.1, -0.05) is 6.07 Å². The average Bonchev–Trinajstić information content (AvgIpc) is 3.68. The lowest BCUT2D eigenvalue weighted by Crippen LogP contribution is -2.20. The SMILES string of the molecule is CN(C)Cc1nc(Nc2cnc(-c3nnc4ccc5occc5n34)c3c2C(=O)NC3)ccc1C1CCOCC1. The third-order valence-electron chi connectivity index (χ3n) is 7.43. The lowest BCUT2D eigenvalue weighted by molar-refractivity contribution is 0.0849. The summed E-state index contributed by atoms with van der Waals surface area (Å²) < 4.78 is 13.0. The normalized spacial score (nSPS) is 15.8. The molecule has 0 atom stereocenters. The monoisotopic (exact) mass is 524 g/mol. The van der Waals surface area contributed by atoms with E-state index < -0.39 is 0 Å². The Morgan fingerprint density at radius 2 is 2.00 bits per heavy atom. The van der Waals surface area contributed by atoms with Crippen LogP contribution in [0.15, 0.2) is 47.2 Å². The van der Waals surface area contributed by atoms with Gasteiger partial charge in [-0.3, -0.25) is 14.2 Å². The number of pyridine rings is 3. The number of rotatable bonds is 6. The Kier molecular flexibility index (Phi) is 5.75. The predicted molar refractivity (Wildman–Crippen MR) is 145 cm³/mol. The first kappa shape index (κ1) is 23.7. The van der Waals surface area contributed by atoms with Crippen LogP contribution in [0.1, 0.15) is 45.9 Å². The second-order valence-electron chi connectivity index (χ2n) is 10.3. The maximum absolute atomic E-state index is 13.0. The number of carbonyl (C=O) groups excluding carboxylic acids is 1. The van der Waals surface area contributed by atoms with E-state index >= 15 is 0 Å². The zero-order valence-corrected chi connectivity index (χ0v) is 21.8. The number of fused-ring (bicyclic) bond motifs is 4. The number of anilines is 2. The lowest BCUT2D eigenvalue weighted by atomic mass is 9.90. The molecule has 1 amide bonds. The van der Waals surface area contributed by atoms with Gasteiger partial charge in [0.25, 0.3) is 5.91 Å². The van der Waals surface area contributed by atoms with Crippen LogP contribution in [0.2, 0.25) is 0 Å². The van der Waals surface area contributed by atoms with Gasteiger partial charge in [0.1, 0.15) is 11.5 Å². The fourth-order valence-corrected chi connectivity index (χ4v) is 5.62. The van der Waals surface area contributed by atoms with Crippen molar-refractivity contribution in [2.24, 2.45) is 0 Å². The van der Waals surface area contributed by atoms with Gasteiger partial charge in [0, 0.05) is 37.9 Å². The average molecular weight is 525 g/mol. The number of hydrogen-bond acceptors (Lipinski definition) is 9. The maximum Gasteiger partial charge on any atom is 0.254 e. The summed E-state index contributed by atoms with van der Waals surface area (Å²) in [5.41, 5.74) is 7.05. The Balaban J connectivity index is 1.28. The van der Waals surface area contributed by atoms with Crippen LogP contribution < -0.4 is 10.6 Å². The van der Waals surface area contributed by atoms with Gasteiger partial charge in [0.05, 0.1) is 34.9 Å². The molecule has 0 spiro atoms. The summed E-state index contributed by atoms with van der Waals surface area (Å²) in [7, 11) is 4.09. The van der Waals surface area contributed by atoms with E-state index in [1.807, 2.05) is 42.8 Å². The van der Waals surface area contributed by atoms with Gasteiger partial charge < -0.3 is 24.7 Å². The molecule has 2 aliphatic heterocycles. The van der Waals surface area contributed by atoms with Crippen LogP contribution in [0.3, 0.4) is 0 Å². The van der Waals surface area contributed by atoms with Crippen LogP contribution in [0.5, 0.6) is 0 Å².